The maximum absolute atomic E-state index is 11.8. The number of amides is 3. The van der Waals surface area contributed by atoms with Crippen molar-refractivity contribution in [3.63, 3.8) is 0 Å². The van der Waals surface area contributed by atoms with Crippen LogP contribution in [-0.2, 0) is 14.4 Å². The summed E-state index contributed by atoms with van der Waals surface area (Å²) in [6, 6.07) is 5.01. The third kappa shape index (κ3) is 4.96. The number of likely N-dealkylation sites (tertiary alicyclic amines) is 1. The number of hydrogen-bond donors (Lipinski definition) is 2. The molecule has 2 rings (SSSR count). The van der Waals surface area contributed by atoms with E-state index in [1.807, 2.05) is 0 Å². The molecular formula is C16H20ClN3O3. The van der Waals surface area contributed by atoms with Crippen molar-refractivity contribution < 1.29 is 14.4 Å². The smallest absolute Gasteiger partial charge is 0.313 e. The Hall–Kier alpha value is -2.08. The van der Waals surface area contributed by atoms with Gasteiger partial charge in [-0.25, -0.2) is 0 Å². The average molecular weight is 338 g/mol. The minimum atomic E-state index is -0.715. The van der Waals surface area contributed by atoms with E-state index in [1.54, 1.807) is 30.0 Å². The highest BCUT2D eigenvalue weighted by Gasteiger charge is 2.19. The van der Waals surface area contributed by atoms with Gasteiger partial charge in [0.25, 0.3) is 0 Å². The van der Waals surface area contributed by atoms with Crippen molar-refractivity contribution in [2.75, 3.05) is 25.0 Å². The van der Waals surface area contributed by atoms with Crippen molar-refractivity contribution in [3.8, 4) is 0 Å². The lowest BCUT2D eigenvalue weighted by molar-refractivity contribution is -0.136. The highest BCUT2D eigenvalue weighted by molar-refractivity contribution is 6.39. The first-order chi connectivity index (χ1) is 11.0. The molecule has 1 aliphatic rings. The minimum Gasteiger partial charge on any atom is -0.348 e. The molecule has 1 aliphatic heterocycles. The van der Waals surface area contributed by atoms with Crippen LogP contribution < -0.4 is 10.6 Å². The summed E-state index contributed by atoms with van der Waals surface area (Å²) in [6.45, 7) is 3.54. The van der Waals surface area contributed by atoms with Gasteiger partial charge in [0.15, 0.2) is 0 Å². The van der Waals surface area contributed by atoms with E-state index in [9.17, 15) is 14.4 Å². The molecule has 0 aromatic heterocycles. The van der Waals surface area contributed by atoms with Gasteiger partial charge >= 0.3 is 11.8 Å². The number of carbonyl (C=O) groups excluding carboxylic acids is 3. The molecule has 3 amide bonds. The van der Waals surface area contributed by atoms with Gasteiger partial charge in [-0.15, -0.1) is 0 Å². The summed E-state index contributed by atoms with van der Waals surface area (Å²) in [5, 5.41) is 5.68. The van der Waals surface area contributed by atoms with E-state index in [2.05, 4.69) is 10.6 Å². The monoisotopic (exact) mass is 337 g/mol. The maximum Gasteiger partial charge on any atom is 0.313 e. The van der Waals surface area contributed by atoms with E-state index in [0.29, 0.717) is 36.6 Å². The molecule has 0 aliphatic carbocycles. The molecule has 1 aromatic carbocycles. The third-order valence-electron chi connectivity index (χ3n) is 3.70. The van der Waals surface area contributed by atoms with Gasteiger partial charge in [-0.3, -0.25) is 14.4 Å². The Bertz CT molecular complexity index is 619. The van der Waals surface area contributed by atoms with Gasteiger partial charge in [0.2, 0.25) is 5.91 Å². The van der Waals surface area contributed by atoms with E-state index in [4.69, 9.17) is 11.6 Å². The number of carbonyl (C=O) groups is 3. The summed E-state index contributed by atoms with van der Waals surface area (Å²) in [5.74, 6) is -1.24. The summed E-state index contributed by atoms with van der Waals surface area (Å²) in [7, 11) is 0. The summed E-state index contributed by atoms with van der Waals surface area (Å²) >= 11 is 5.84. The maximum atomic E-state index is 11.8. The Labute approximate surface area is 140 Å². The number of anilines is 1. The number of aryl methyl sites for hydroxylation is 1. The van der Waals surface area contributed by atoms with Gasteiger partial charge in [-0.05, 0) is 43.5 Å². The van der Waals surface area contributed by atoms with Crippen LogP contribution in [-0.4, -0.2) is 42.3 Å². The van der Waals surface area contributed by atoms with Crippen LogP contribution in [0.3, 0.4) is 0 Å². The fraction of sp³-hybridized carbons (Fsp3) is 0.438. The molecule has 0 saturated carbocycles. The van der Waals surface area contributed by atoms with Crippen LogP contribution in [0.1, 0.15) is 24.8 Å². The molecular weight excluding hydrogens is 318 g/mol. The summed E-state index contributed by atoms with van der Waals surface area (Å²) < 4.78 is 0. The van der Waals surface area contributed by atoms with Crippen molar-refractivity contribution in [1.29, 1.82) is 0 Å². The van der Waals surface area contributed by atoms with Crippen molar-refractivity contribution in [2.45, 2.75) is 26.2 Å². The van der Waals surface area contributed by atoms with Gasteiger partial charge < -0.3 is 15.5 Å². The first-order valence-electron chi connectivity index (χ1n) is 7.60. The van der Waals surface area contributed by atoms with Crippen LogP contribution in [0.4, 0.5) is 5.69 Å². The molecule has 0 spiro atoms. The van der Waals surface area contributed by atoms with E-state index in [0.717, 1.165) is 18.5 Å². The number of benzene rings is 1. The Balaban J connectivity index is 1.72. The van der Waals surface area contributed by atoms with Crippen molar-refractivity contribution in [2.24, 2.45) is 0 Å². The number of nitrogens with zero attached hydrogens (tertiary/aromatic N) is 1. The molecule has 7 heteroatoms. The molecule has 124 valence electrons. The van der Waals surface area contributed by atoms with Crippen LogP contribution in [0.5, 0.6) is 0 Å². The summed E-state index contributed by atoms with van der Waals surface area (Å²) in [5.41, 5.74) is 1.34. The fourth-order valence-electron chi connectivity index (χ4n) is 2.44. The third-order valence-corrected chi connectivity index (χ3v) is 3.94. The Kier molecular flexibility index (Phi) is 5.98. The highest BCUT2D eigenvalue weighted by atomic mass is 35.5. The minimum absolute atomic E-state index is 0.160. The SMILES string of the molecule is Cc1cc(Cl)ccc1NC(=O)C(=O)NCCCN1CCCC1=O. The lowest BCUT2D eigenvalue weighted by atomic mass is 10.2. The lowest BCUT2D eigenvalue weighted by Crippen LogP contribution is -2.37. The predicted octanol–water partition coefficient (Wildman–Crippen LogP) is 1.72. The molecule has 1 saturated heterocycles. The fourth-order valence-corrected chi connectivity index (χ4v) is 2.67. The zero-order valence-electron chi connectivity index (χ0n) is 13.0. The molecule has 0 atom stereocenters. The average Bonchev–Trinajstić information content (AvgIpc) is 2.91. The van der Waals surface area contributed by atoms with Crippen LogP contribution in [0, 0.1) is 6.92 Å². The van der Waals surface area contributed by atoms with Crippen LogP contribution in [0.2, 0.25) is 5.02 Å². The Morgan fingerprint density at radius 1 is 1.30 bits per heavy atom. The van der Waals surface area contributed by atoms with Crippen molar-refractivity contribution >= 4 is 35.0 Å². The molecule has 2 N–H and O–H groups in total. The first-order valence-corrected chi connectivity index (χ1v) is 7.98. The largest absolute Gasteiger partial charge is 0.348 e. The Morgan fingerprint density at radius 3 is 2.74 bits per heavy atom. The molecule has 23 heavy (non-hydrogen) atoms. The first kappa shape index (κ1) is 17.3. The number of rotatable bonds is 5. The molecule has 1 aromatic rings. The van der Waals surface area contributed by atoms with E-state index >= 15 is 0 Å². The predicted molar refractivity (Wildman–Crippen MR) is 88.3 cm³/mol. The molecule has 0 radical (unpaired) electrons. The molecule has 0 bridgehead atoms. The van der Waals surface area contributed by atoms with Crippen LogP contribution in [0.15, 0.2) is 18.2 Å². The number of halogens is 1. The number of nitrogens with one attached hydrogen (secondary N) is 2. The van der Waals surface area contributed by atoms with Gasteiger partial charge in [0.05, 0.1) is 0 Å². The summed E-state index contributed by atoms with van der Waals surface area (Å²) in [4.78, 5) is 36.8. The van der Waals surface area contributed by atoms with E-state index in [-0.39, 0.29) is 5.91 Å². The normalized spacial score (nSPS) is 14.0. The van der Waals surface area contributed by atoms with Crippen LogP contribution in [0.25, 0.3) is 0 Å². The van der Waals surface area contributed by atoms with Gasteiger partial charge in [0.1, 0.15) is 0 Å². The second-order valence-electron chi connectivity index (χ2n) is 5.51. The van der Waals surface area contributed by atoms with Crippen molar-refractivity contribution in [1.82, 2.24) is 10.2 Å². The zero-order chi connectivity index (χ0) is 16.8. The van der Waals surface area contributed by atoms with E-state index in [1.165, 1.54) is 0 Å². The van der Waals surface area contributed by atoms with Crippen molar-refractivity contribution in [3.05, 3.63) is 28.8 Å². The highest BCUT2D eigenvalue weighted by Crippen LogP contribution is 2.19. The molecule has 1 heterocycles. The van der Waals surface area contributed by atoms with E-state index < -0.39 is 11.8 Å². The standard InChI is InChI=1S/C16H20ClN3O3/c1-11-10-12(17)5-6-13(11)19-16(23)15(22)18-7-3-9-20-8-2-4-14(20)21/h5-6,10H,2-4,7-9H2,1H3,(H,18,22)(H,19,23). The van der Waals surface area contributed by atoms with Gasteiger partial charge in [-0.1, -0.05) is 11.6 Å². The molecule has 0 unspecified atom stereocenters. The molecule has 6 nitrogen and oxygen atoms in total. The number of hydrogen-bond acceptors (Lipinski definition) is 3. The quantitative estimate of drug-likeness (QED) is 0.634. The summed E-state index contributed by atoms with van der Waals surface area (Å²) in [6.07, 6.45) is 2.13. The van der Waals surface area contributed by atoms with Crippen LogP contribution >= 0.6 is 11.6 Å². The van der Waals surface area contributed by atoms with Gasteiger partial charge in [-0.2, -0.15) is 0 Å². The Morgan fingerprint density at radius 2 is 2.09 bits per heavy atom. The second kappa shape index (κ2) is 7.97. The van der Waals surface area contributed by atoms with Gasteiger partial charge in [0, 0.05) is 36.8 Å². The topological polar surface area (TPSA) is 78.5 Å². The molecule has 1 fully saturated rings. The lowest BCUT2D eigenvalue weighted by Gasteiger charge is -2.15. The zero-order valence-corrected chi connectivity index (χ0v) is 13.8. The second-order valence-corrected chi connectivity index (χ2v) is 5.94.